The maximum atomic E-state index is 13.1. The Bertz CT molecular complexity index is 891. The third kappa shape index (κ3) is 3.93. The second-order valence-corrected chi connectivity index (χ2v) is 7.61. The van der Waals surface area contributed by atoms with Crippen molar-refractivity contribution in [3.63, 3.8) is 0 Å². The molecule has 0 N–H and O–H groups in total. The molecule has 0 radical (unpaired) electrons. The third-order valence-electron chi connectivity index (χ3n) is 4.95. The number of rotatable bonds is 4. The molecular formula is C20H20FN3O2S. The van der Waals surface area contributed by atoms with Gasteiger partial charge in [-0.1, -0.05) is 18.2 Å². The second-order valence-electron chi connectivity index (χ2n) is 6.77. The van der Waals surface area contributed by atoms with Gasteiger partial charge in [0.05, 0.1) is 12.1 Å². The minimum Gasteiger partial charge on any atom is -0.338 e. The molecule has 0 atom stereocenters. The van der Waals surface area contributed by atoms with E-state index in [1.165, 1.54) is 23.5 Å². The Kier molecular flexibility index (Phi) is 5.03. The number of amides is 2. The molecule has 0 aliphatic carbocycles. The highest BCUT2D eigenvalue weighted by Gasteiger charge is 2.25. The highest BCUT2D eigenvalue weighted by Crippen LogP contribution is 2.26. The van der Waals surface area contributed by atoms with Crippen LogP contribution in [0, 0.1) is 5.82 Å². The molecule has 140 valence electrons. The van der Waals surface area contributed by atoms with Crippen LogP contribution in [0.3, 0.4) is 0 Å². The lowest BCUT2D eigenvalue weighted by Gasteiger charge is -2.26. The fraction of sp³-hybridized carbons (Fsp3) is 0.350. The summed E-state index contributed by atoms with van der Waals surface area (Å²) in [7, 11) is 0. The van der Waals surface area contributed by atoms with Gasteiger partial charge in [0.2, 0.25) is 11.8 Å². The summed E-state index contributed by atoms with van der Waals surface area (Å²) < 4.78 is 13.1. The van der Waals surface area contributed by atoms with Gasteiger partial charge in [-0.2, -0.15) is 0 Å². The predicted molar refractivity (Wildman–Crippen MR) is 103 cm³/mol. The largest absolute Gasteiger partial charge is 0.338 e. The van der Waals surface area contributed by atoms with Gasteiger partial charge in [-0.15, -0.1) is 11.3 Å². The summed E-state index contributed by atoms with van der Waals surface area (Å²) in [4.78, 5) is 32.4. The van der Waals surface area contributed by atoms with Crippen LogP contribution in [0.1, 0.15) is 30.5 Å². The van der Waals surface area contributed by atoms with E-state index in [1.807, 2.05) is 16.4 Å². The first-order chi connectivity index (χ1) is 13.1. The lowest BCUT2D eigenvalue weighted by Crippen LogP contribution is -2.35. The van der Waals surface area contributed by atoms with E-state index in [0.29, 0.717) is 36.9 Å². The van der Waals surface area contributed by atoms with Crippen LogP contribution in [0.5, 0.6) is 0 Å². The highest BCUT2D eigenvalue weighted by molar-refractivity contribution is 7.14. The maximum Gasteiger partial charge on any atom is 0.228 e. The molecule has 2 aliphatic rings. The quantitative estimate of drug-likeness (QED) is 0.812. The Morgan fingerprint density at radius 2 is 2.00 bits per heavy atom. The first-order valence-corrected chi connectivity index (χ1v) is 9.95. The molecule has 0 spiro atoms. The van der Waals surface area contributed by atoms with E-state index in [-0.39, 0.29) is 24.1 Å². The first kappa shape index (κ1) is 17.9. The number of aromatic nitrogens is 1. The van der Waals surface area contributed by atoms with Gasteiger partial charge >= 0.3 is 0 Å². The first-order valence-electron chi connectivity index (χ1n) is 9.07. The van der Waals surface area contributed by atoms with Crippen LogP contribution in [0.4, 0.5) is 9.52 Å². The number of carbonyl (C=O) groups is 2. The molecule has 27 heavy (non-hydrogen) atoms. The van der Waals surface area contributed by atoms with E-state index in [4.69, 9.17) is 0 Å². The van der Waals surface area contributed by atoms with E-state index in [1.54, 1.807) is 17.0 Å². The number of nitrogens with zero attached hydrogens (tertiary/aromatic N) is 3. The summed E-state index contributed by atoms with van der Waals surface area (Å²) in [6.45, 7) is 1.90. The monoisotopic (exact) mass is 385 g/mol. The van der Waals surface area contributed by atoms with Gasteiger partial charge in [0.1, 0.15) is 5.82 Å². The Balaban J connectivity index is 1.36. The average molecular weight is 385 g/mol. The highest BCUT2D eigenvalue weighted by atomic mass is 32.1. The van der Waals surface area contributed by atoms with Gasteiger partial charge in [0.15, 0.2) is 5.13 Å². The summed E-state index contributed by atoms with van der Waals surface area (Å²) in [5.74, 6) is -0.101. The lowest BCUT2D eigenvalue weighted by atomic mass is 9.99. The molecule has 2 amide bonds. The van der Waals surface area contributed by atoms with Gasteiger partial charge < -0.3 is 4.90 Å². The van der Waals surface area contributed by atoms with Crippen LogP contribution in [0.2, 0.25) is 0 Å². The van der Waals surface area contributed by atoms with Crippen molar-refractivity contribution in [2.45, 2.75) is 25.7 Å². The van der Waals surface area contributed by atoms with Crippen molar-refractivity contribution < 1.29 is 14.0 Å². The van der Waals surface area contributed by atoms with Gasteiger partial charge in [-0.3, -0.25) is 14.5 Å². The van der Waals surface area contributed by atoms with Gasteiger partial charge in [0.25, 0.3) is 0 Å². The van der Waals surface area contributed by atoms with Crippen molar-refractivity contribution in [3.8, 4) is 0 Å². The molecule has 2 aromatic rings. The number of thiazole rings is 1. The summed E-state index contributed by atoms with van der Waals surface area (Å²) in [5, 5.41) is 2.56. The molecule has 0 saturated carbocycles. The number of hydrogen-bond donors (Lipinski definition) is 0. The molecule has 1 fully saturated rings. The van der Waals surface area contributed by atoms with Crippen LogP contribution in [0.25, 0.3) is 5.57 Å². The normalized spacial score (nSPS) is 17.4. The molecular weight excluding hydrogens is 365 g/mol. The molecule has 7 heteroatoms. The van der Waals surface area contributed by atoms with Crippen molar-refractivity contribution in [2.24, 2.45) is 0 Å². The molecule has 1 saturated heterocycles. The molecule has 0 bridgehead atoms. The average Bonchev–Trinajstić information content (AvgIpc) is 3.31. The molecule has 0 unspecified atom stereocenters. The fourth-order valence-corrected chi connectivity index (χ4v) is 4.31. The lowest BCUT2D eigenvalue weighted by molar-refractivity contribution is -0.130. The molecule has 3 heterocycles. The van der Waals surface area contributed by atoms with E-state index < -0.39 is 0 Å². The van der Waals surface area contributed by atoms with E-state index in [0.717, 1.165) is 24.0 Å². The van der Waals surface area contributed by atoms with E-state index in [2.05, 4.69) is 4.98 Å². The number of hydrogen-bond acceptors (Lipinski definition) is 4. The van der Waals surface area contributed by atoms with Crippen LogP contribution in [0.15, 0.2) is 35.7 Å². The number of benzene rings is 1. The number of carbonyl (C=O) groups excluding carboxylic acids is 2. The predicted octanol–water partition coefficient (Wildman–Crippen LogP) is 3.27. The van der Waals surface area contributed by atoms with Crippen LogP contribution >= 0.6 is 11.3 Å². The Hall–Kier alpha value is -2.54. The SMILES string of the molecule is O=C(Cc1csc(N2CCCC2=O)n1)N1CC=C(c2ccc(F)cc2)CC1. The zero-order valence-electron chi connectivity index (χ0n) is 14.9. The summed E-state index contributed by atoms with van der Waals surface area (Å²) >= 11 is 1.42. The smallest absolute Gasteiger partial charge is 0.228 e. The fourth-order valence-electron chi connectivity index (χ4n) is 3.44. The minimum absolute atomic E-state index is 0.0361. The van der Waals surface area contributed by atoms with Gasteiger partial charge in [0, 0.05) is 31.4 Å². The van der Waals surface area contributed by atoms with E-state index >= 15 is 0 Å². The van der Waals surface area contributed by atoms with Crippen molar-refractivity contribution in [3.05, 3.63) is 52.8 Å². The third-order valence-corrected chi connectivity index (χ3v) is 5.87. The topological polar surface area (TPSA) is 53.5 Å². The zero-order chi connectivity index (χ0) is 18.8. The van der Waals surface area contributed by atoms with E-state index in [9.17, 15) is 14.0 Å². The molecule has 1 aromatic carbocycles. The zero-order valence-corrected chi connectivity index (χ0v) is 15.7. The van der Waals surface area contributed by atoms with Crippen LogP contribution in [-0.4, -0.2) is 41.3 Å². The number of anilines is 1. The van der Waals surface area contributed by atoms with Crippen molar-refractivity contribution in [2.75, 3.05) is 24.5 Å². The van der Waals surface area contributed by atoms with Crippen molar-refractivity contribution >= 4 is 33.9 Å². The Labute approximate surface area is 161 Å². The Morgan fingerprint density at radius 3 is 2.67 bits per heavy atom. The molecule has 2 aliphatic heterocycles. The second kappa shape index (κ2) is 7.60. The Morgan fingerprint density at radius 1 is 1.19 bits per heavy atom. The van der Waals surface area contributed by atoms with Gasteiger partial charge in [-0.05, 0) is 36.1 Å². The standard InChI is InChI=1S/C20H20FN3O2S/c21-16-5-3-14(4-6-16)15-7-10-23(11-8-15)19(26)12-17-13-27-20(22-17)24-9-1-2-18(24)25/h3-7,13H,1-2,8-12H2. The number of halogens is 1. The minimum atomic E-state index is -0.245. The molecule has 5 nitrogen and oxygen atoms in total. The summed E-state index contributed by atoms with van der Waals surface area (Å²) in [6.07, 6.45) is 4.47. The van der Waals surface area contributed by atoms with Crippen molar-refractivity contribution in [1.82, 2.24) is 9.88 Å². The molecule has 1 aromatic heterocycles. The van der Waals surface area contributed by atoms with Crippen LogP contribution < -0.4 is 4.90 Å². The maximum absolute atomic E-state index is 13.1. The van der Waals surface area contributed by atoms with Crippen LogP contribution in [-0.2, 0) is 16.0 Å². The summed E-state index contributed by atoms with van der Waals surface area (Å²) in [6, 6.07) is 6.46. The van der Waals surface area contributed by atoms with Crippen molar-refractivity contribution in [1.29, 1.82) is 0 Å². The molecule has 4 rings (SSSR count). The summed E-state index contributed by atoms with van der Waals surface area (Å²) in [5.41, 5.74) is 2.86. The van der Waals surface area contributed by atoms with Gasteiger partial charge in [-0.25, -0.2) is 9.37 Å².